The normalized spacial score (nSPS) is 17.6. The highest BCUT2D eigenvalue weighted by molar-refractivity contribution is 9.11. The number of halogens is 2. The van der Waals surface area contributed by atoms with E-state index in [0.717, 1.165) is 78.6 Å². The van der Waals surface area contributed by atoms with Gasteiger partial charge in [0.15, 0.2) is 0 Å². The lowest BCUT2D eigenvalue weighted by Crippen LogP contribution is -2.54. The fourth-order valence-electron chi connectivity index (χ4n) is 5.18. The van der Waals surface area contributed by atoms with E-state index >= 15 is 0 Å². The standard InChI is InChI=1S/C26H30Br2N6O2/c1-17-21(27)14-18(15-22(17)28)2-5-25(35)33-12-10-32(11-13-33)20-6-8-34(9-7-20)26(36)19-3-4-23-24(16-19)30-31-29-23/h3-4,14-16,20H,2,5-13H2,1H3,(H,29,30,31). The van der Waals surface area contributed by atoms with Crippen molar-refractivity contribution in [2.24, 2.45) is 0 Å². The average Bonchev–Trinajstić information content (AvgIpc) is 3.38. The second-order valence-electron chi connectivity index (χ2n) is 9.65. The molecular formula is C26H30Br2N6O2. The highest BCUT2D eigenvalue weighted by atomic mass is 79.9. The lowest BCUT2D eigenvalue weighted by atomic mass is 10.0. The molecule has 0 unspecified atom stereocenters. The van der Waals surface area contributed by atoms with Crippen molar-refractivity contribution in [3.05, 3.63) is 56.0 Å². The van der Waals surface area contributed by atoms with Gasteiger partial charge in [-0.3, -0.25) is 14.5 Å². The van der Waals surface area contributed by atoms with Crippen LogP contribution in [0.15, 0.2) is 39.3 Å². The summed E-state index contributed by atoms with van der Waals surface area (Å²) in [5, 5.41) is 10.7. The third-order valence-electron chi connectivity index (χ3n) is 7.47. The number of piperidine rings is 1. The van der Waals surface area contributed by atoms with Crippen LogP contribution in [0.3, 0.4) is 0 Å². The van der Waals surface area contributed by atoms with Crippen LogP contribution in [-0.4, -0.2) is 87.2 Å². The summed E-state index contributed by atoms with van der Waals surface area (Å²) in [6.45, 7) is 6.91. The summed E-state index contributed by atoms with van der Waals surface area (Å²) in [7, 11) is 0. The van der Waals surface area contributed by atoms with Gasteiger partial charge in [-0.05, 0) is 67.6 Å². The quantitative estimate of drug-likeness (QED) is 0.464. The van der Waals surface area contributed by atoms with Crippen LogP contribution in [0.5, 0.6) is 0 Å². The molecule has 190 valence electrons. The Morgan fingerprint density at radius 2 is 1.58 bits per heavy atom. The predicted octanol–water partition coefficient (Wildman–Crippen LogP) is 4.17. The molecule has 2 amide bonds. The molecule has 10 heteroatoms. The van der Waals surface area contributed by atoms with E-state index in [-0.39, 0.29) is 11.8 Å². The lowest BCUT2D eigenvalue weighted by molar-refractivity contribution is -0.133. The van der Waals surface area contributed by atoms with Gasteiger partial charge in [0.05, 0.1) is 0 Å². The van der Waals surface area contributed by atoms with Crippen LogP contribution in [0.2, 0.25) is 0 Å². The molecule has 5 rings (SSSR count). The van der Waals surface area contributed by atoms with Crippen molar-refractivity contribution in [1.29, 1.82) is 0 Å². The van der Waals surface area contributed by atoms with Crippen molar-refractivity contribution in [2.75, 3.05) is 39.3 Å². The number of nitrogens with zero attached hydrogens (tertiary/aromatic N) is 5. The number of hydrogen-bond donors (Lipinski definition) is 1. The predicted molar refractivity (Wildman–Crippen MR) is 146 cm³/mol. The maximum Gasteiger partial charge on any atom is 0.253 e. The van der Waals surface area contributed by atoms with Gasteiger partial charge in [0.1, 0.15) is 11.0 Å². The van der Waals surface area contributed by atoms with Gasteiger partial charge in [-0.15, -0.1) is 0 Å². The van der Waals surface area contributed by atoms with Crippen molar-refractivity contribution in [1.82, 2.24) is 30.1 Å². The van der Waals surface area contributed by atoms with Crippen molar-refractivity contribution in [2.45, 2.75) is 38.6 Å². The Morgan fingerprint density at radius 1 is 0.917 bits per heavy atom. The van der Waals surface area contributed by atoms with Crippen molar-refractivity contribution in [3.63, 3.8) is 0 Å². The van der Waals surface area contributed by atoms with E-state index in [0.29, 0.717) is 23.5 Å². The third-order valence-corrected chi connectivity index (χ3v) is 9.11. The lowest BCUT2D eigenvalue weighted by Gasteiger charge is -2.42. The number of aromatic nitrogens is 3. The van der Waals surface area contributed by atoms with Gasteiger partial charge in [0.2, 0.25) is 5.91 Å². The molecule has 0 atom stereocenters. The first-order valence-corrected chi connectivity index (χ1v) is 14.0. The molecule has 2 aliphatic rings. The highest BCUT2D eigenvalue weighted by Crippen LogP contribution is 2.27. The van der Waals surface area contributed by atoms with Crippen molar-refractivity contribution >= 4 is 54.7 Å². The van der Waals surface area contributed by atoms with Crippen molar-refractivity contribution < 1.29 is 9.59 Å². The highest BCUT2D eigenvalue weighted by Gasteiger charge is 2.30. The molecule has 2 aliphatic heterocycles. The van der Waals surface area contributed by atoms with Crippen LogP contribution in [-0.2, 0) is 11.2 Å². The Morgan fingerprint density at radius 3 is 2.28 bits per heavy atom. The molecule has 36 heavy (non-hydrogen) atoms. The van der Waals surface area contributed by atoms with E-state index in [4.69, 9.17) is 0 Å². The van der Waals surface area contributed by atoms with Gasteiger partial charge in [-0.2, -0.15) is 15.4 Å². The molecule has 1 aromatic heterocycles. The van der Waals surface area contributed by atoms with E-state index in [9.17, 15) is 9.59 Å². The van der Waals surface area contributed by atoms with Gasteiger partial charge in [0.25, 0.3) is 5.91 Å². The van der Waals surface area contributed by atoms with Crippen LogP contribution >= 0.6 is 31.9 Å². The minimum Gasteiger partial charge on any atom is -0.340 e. The van der Waals surface area contributed by atoms with Gasteiger partial charge < -0.3 is 9.80 Å². The molecule has 2 aromatic carbocycles. The molecule has 3 aromatic rings. The summed E-state index contributed by atoms with van der Waals surface area (Å²) in [6.07, 6.45) is 3.20. The van der Waals surface area contributed by atoms with E-state index in [1.165, 1.54) is 5.56 Å². The molecule has 0 bridgehead atoms. The summed E-state index contributed by atoms with van der Waals surface area (Å²) < 4.78 is 2.13. The number of hydrogen-bond acceptors (Lipinski definition) is 5. The Hall–Kier alpha value is -2.30. The summed E-state index contributed by atoms with van der Waals surface area (Å²) in [5.41, 5.74) is 4.47. The number of nitrogens with one attached hydrogen (secondary N) is 1. The van der Waals surface area contributed by atoms with Gasteiger partial charge in [-0.1, -0.05) is 31.9 Å². The van der Waals surface area contributed by atoms with Crippen LogP contribution < -0.4 is 0 Å². The molecule has 0 spiro atoms. The number of carbonyl (C=O) groups excluding carboxylic acids is 2. The van der Waals surface area contributed by atoms with E-state index in [1.807, 2.05) is 21.9 Å². The molecule has 3 heterocycles. The molecular weight excluding hydrogens is 588 g/mol. The summed E-state index contributed by atoms with van der Waals surface area (Å²) >= 11 is 7.19. The fourth-order valence-corrected chi connectivity index (χ4v) is 6.46. The smallest absolute Gasteiger partial charge is 0.253 e. The minimum atomic E-state index is 0.0569. The number of benzene rings is 2. The van der Waals surface area contributed by atoms with Crippen molar-refractivity contribution in [3.8, 4) is 0 Å². The number of H-pyrrole nitrogens is 1. The maximum atomic E-state index is 13.0. The number of piperazine rings is 1. The van der Waals surface area contributed by atoms with Crippen LogP contribution in [0.4, 0.5) is 0 Å². The fraction of sp³-hybridized carbons (Fsp3) is 0.462. The Kier molecular flexibility index (Phi) is 7.73. The van der Waals surface area contributed by atoms with E-state index < -0.39 is 0 Å². The topological polar surface area (TPSA) is 85.4 Å². The Labute approximate surface area is 227 Å². The third kappa shape index (κ3) is 5.50. The average molecular weight is 618 g/mol. The molecule has 0 aliphatic carbocycles. The Balaban J connectivity index is 1.07. The summed E-state index contributed by atoms with van der Waals surface area (Å²) in [6, 6.07) is 10.1. The van der Waals surface area contributed by atoms with Crippen LogP contribution in [0.25, 0.3) is 11.0 Å². The number of aryl methyl sites for hydroxylation is 1. The summed E-state index contributed by atoms with van der Waals surface area (Å²) in [4.78, 5) is 32.3. The molecule has 0 radical (unpaired) electrons. The van der Waals surface area contributed by atoms with E-state index in [1.54, 1.807) is 6.07 Å². The first-order valence-electron chi connectivity index (χ1n) is 12.4. The number of carbonyl (C=O) groups is 2. The maximum absolute atomic E-state index is 13.0. The van der Waals surface area contributed by atoms with Crippen LogP contribution in [0.1, 0.15) is 40.7 Å². The largest absolute Gasteiger partial charge is 0.340 e. The zero-order chi connectivity index (χ0) is 25.2. The number of amides is 2. The number of fused-ring (bicyclic) bond motifs is 1. The SMILES string of the molecule is Cc1c(Br)cc(CCC(=O)N2CCN(C3CCN(C(=O)c4ccc5n[nH]nc5c4)CC3)CC2)cc1Br. The van der Waals surface area contributed by atoms with E-state index in [2.05, 4.69) is 71.2 Å². The first kappa shape index (κ1) is 25.4. The number of likely N-dealkylation sites (tertiary alicyclic amines) is 1. The molecule has 0 saturated carbocycles. The molecule has 2 fully saturated rings. The van der Waals surface area contributed by atoms with Crippen LogP contribution in [0, 0.1) is 6.92 Å². The Bertz CT molecular complexity index is 1240. The molecule has 1 N–H and O–H groups in total. The van der Waals surface area contributed by atoms with Gasteiger partial charge in [-0.25, -0.2) is 0 Å². The minimum absolute atomic E-state index is 0.0569. The molecule has 8 nitrogen and oxygen atoms in total. The summed E-state index contributed by atoms with van der Waals surface area (Å²) in [5.74, 6) is 0.286. The molecule has 2 saturated heterocycles. The second kappa shape index (κ2) is 11.0. The number of aromatic amines is 1. The first-order chi connectivity index (χ1) is 17.4. The van der Waals surface area contributed by atoms with Gasteiger partial charge in [0, 0.05) is 66.2 Å². The zero-order valence-corrected chi connectivity index (χ0v) is 23.5. The van der Waals surface area contributed by atoms with Gasteiger partial charge >= 0.3 is 0 Å². The number of rotatable bonds is 5. The zero-order valence-electron chi connectivity index (χ0n) is 20.3. The second-order valence-corrected chi connectivity index (χ2v) is 11.4. The monoisotopic (exact) mass is 616 g/mol.